The Labute approximate surface area is 174 Å². The van der Waals surface area contributed by atoms with Crippen LogP contribution in [-0.4, -0.2) is 52.0 Å². The number of rotatable bonds is 9. The molecule has 0 N–H and O–H groups in total. The topological polar surface area (TPSA) is 61.8 Å². The van der Waals surface area contributed by atoms with Gasteiger partial charge in [0.1, 0.15) is 12.4 Å². The number of hydrogen-bond donors (Lipinski definition) is 0. The molecule has 0 unspecified atom stereocenters. The minimum Gasteiger partial charge on any atom is -0.491 e. The molecule has 0 radical (unpaired) electrons. The number of hydrogen-bond acceptors (Lipinski definition) is 5. The minimum absolute atomic E-state index is 0.00415. The zero-order valence-corrected chi connectivity index (χ0v) is 16.5. The quantitative estimate of drug-likeness (QED) is 0.276. The van der Waals surface area contributed by atoms with Gasteiger partial charge in [0.25, 0.3) is 0 Å². The molecule has 0 bridgehead atoms. The summed E-state index contributed by atoms with van der Waals surface area (Å²) in [4.78, 5) is 0. The summed E-state index contributed by atoms with van der Waals surface area (Å²) < 4.78 is 155. The number of fused-ring (bicyclic) bond motifs is 1. The summed E-state index contributed by atoms with van der Waals surface area (Å²) in [5.41, 5.74) is 0. The Kier molecular flexibility index (Phi) is 6.86. The zero-order chi connectivity index (χ0) is 24.6. The number of halogens is 9. The molecule has 0 fully saturated rings. The lowest BCUT2D eigenvalue weighted by Gasteiger charge is -2.32. The highest BCUT2D eigenvalue weighted by Crippen LogP contribution is 2.55. The monoisotopic (exact) mass is 500 g/mol. The van der Waals surface area contributed by atoms with Crippen LogP contribution in [0.15, 0.2) is 36.4 Å². The van der Waals surface area contributed by atoms with E-state index in [1.165, 1.54) is 25.3 Å². The minimum atomic E-state index is -7.39. The molecule has 0 heterocycles. The summed E-state index contributed by atoms with van der Waals surface area (Å²) in [7, 11) is -5.70. The Morgan fingerprint density at radius 3 is 1.75 bits per heavy atom. The van der Waals surface area contributed by atoms with Gasteiger partial charge in [-0.2, -0.15) is 47.9 Å². The van der Waals surface area contributed by atoms with Crippen LogP contribution in [0.3, 0.4) is 0 Å². The molecule has 2 rings (SSSR count). The first kappa shape index (κ1) is 25.8. The predicted molar refractivity (Wildman–Crippen MR) is 91.8 cm³/mol. The van der Waals surface area contributed by atoms with E-state index in [0.29, 0.717) is 6.07 Å². The average molecular weight is 500 g/mol. The molecule has 15 heteroatoms. The van der Waals surface area contributed by atoms with E-state index >= 15 is 0 Å². The van der Waals surface area contributed by atoms with Crippen molar-refractivity contribution in [3.63, 3.8) is 0 Å². The molecule has 5 nitrogen and oxygen atoms in total. The summed E-state index contributed by atoms with van der Waals surface area (Å²) in [6.45, 7) is 0.117. The smallest absolute Gasteiger partial charge is 0.460 e. The second-order valence-electron chi connectivity index (χ2n) is 6.15. The van der Waals surface area contributed by atoms with E-state index in [1.807, 2.05) is 0 Å². The summed E-state index contributed by atoms with van der Waals surface area (Å²) >= 11 is 0. The molecule has 0 aliphatic rings. The molecule has 0 amide bonds. The van der Waals surface area contributed by atoms with E-state index in [0.717, 1.165) is 12.1 Å². The van der Waals surface area contributed by atoms with Crippen LogP contribution in [-0.2, 0) is 14.9 Å². The van der Waals surface area contributed by atoms with Crippen molar-refractivity contribution >= 4 is 20.9 Å². The van der Waals surface area contributed by atoms with Crippen molar-refractivity contribution in [1.29, 1.82) is 0 Å². The lowest BCUT2D eigenvalue weighted by molar-refractivity contribution is -0.382. The van der Waals surface area contributed by atoms with Crippen molar-refractivity contribution in [2.24, 2.45) is 0 Å². The summed E-state index contributed by atoms with van der Waals surface area (Å²) in [5.74, 6) is -15.8. The van der Waals surface area contributed by atoms with Crippen molar-refractivity contribution in [3.8, 4) is 11.5 Å². The Morgan fingerprint density at radius 2 is 1.25 bits per heavy atom. The van der Waals surface area contributed by atoms with E-state index in [4.69, 9.17) is 9.47 Å². The fourth-order valence-electron chi connectivity index (χ4n) is 2.37. The number of alkyl halides is 9. The fraction of sp³-hybridized carbons (Fsp3) is 0.412. The summed E-state index contributed by atoms with van der Waals surface area (Å²) in [6.07, 6.45) is -7.18. The van der Waals surface area contributed by atoms with Crippen LogP contribution in [0.5, 0.6) is 11.5 Å². The predicted octanol–water partition coefficient (Wildman–Crippen LogP) is 5.00. The lowest BCUT2D eigenvalue weighted by Crippen LogP contribution is -2.63. The van der Waals surface area contributed by atoms with Crippen molar-refractivity contribution in [1.82, 2.24) is 0 Å². The van der Waals surface area contributed by atoms with E-state index in [9.17, 15) is 47.9 Å². The molecule has 0 aliphatic carbocycles. The van der Waals surface area contributed by atoms with Crippen LogP contribution < -0.4 is 8.92 Å². The molecule has 0 aliphatic heterocycles. The maximum absolute atomic E-state index is 13.9. The van der Waals surface area contributed by atoms with Crippen LogP contribution in [0.4, 0.5) is 39.5 Å². The standard InChI is InChI=1S/C17H13F9O5S/c1-29-8-9-30-12-6-7-13(11-5-3-2-4-10(11)12)31-32(27,28)17(25,26)15(20,21)14(18,19)16(22,23)24/h2-7H,8-9H2,1H3. The first-order valence-corrected chi connectivity index (χ1v) is 9.70. The van der Waals surface area contributed by atoms with Crippen molar-refractivity contribution in [2.75, 3.05) is 20.3 Å². The van der Waals surface area contributed by atoms with E-state index in [-0.39, 0.29) is 29.7 Å². The van der Waals surface area contributed by atoms with Gasteiger partial charge in [-0.3, -0.25) is 0 Å². The lowest BCUT2D eigenvalue weighted by atomic mass is 10.1. The summed E-state index contributed by atoms with van der Waals surface area (Å²) in [6, 6.07) is 6.70. The van der Waals surface area contributed by atoms with Gasteiger partial charge in [-0.15, -0.1) is 0 Å². The molecule has 0 atom stereocenters. The highest BCUT2D eigenvalue weighted by Gasteiger charge is 2.86. The van der Waals surface area contributed by atoms with Gasteiger partial charge in [0.2, 0.25) is 0 Å². The van der Waals surface area contributed by atoms with E-state index in [1.54, 1.807) is 0 Å². The van der Waals surface area contributed by atoms with Gasteiger partial charge in [0, 0.05) is 17.9 Å². The Balaban J connectivity index is 2.51. The molecule has 32 heavy (non-hydrogen) atoms. The molecule has 180 valence electrons. The maximum atomic E-state index is 13.9. The SMILES string of the molecule is COCCOc1ccc(OS(=O)(=O)C(F)(F)C(F)(F)C(F)(F)C(F)(F)F)c2ccccc12. The Hall–Kier alpha value is -2.42. The van der Waals surface area contributed by atoms with Crippen LogP contribution in [0.1, 0.15) is 0 Å². The number of benzene rings is 2. The van der Waals surface area contributed by atoms with Gasteiger partial charge in [0.15, 0.2) is 5.75 Å². The fourth-order valence-corrected chi connectivity index (χ4v) is 3.29. The van der Waals surface area contributed by atoms with Gasteiger partial charge in [-0.05, 0) is 12.1 Å². The van der Waals surface area contributed by atoms with Crippen LogP contribution in [0.25, 0.3) is 10.8 Å². The van der Waals surface area contributed by atoms with Crippen LogP contribution >= 0.6 is 0 Å². The molecule has 0 saturated carbocycles. The molecule has 0 spiro atoms. The van der Waals surface area contributed by atoms with Crippen molar-refractivity contribution in [3.05, 3.63) is 36.4 Å². The first-order chi connectivity index (χ1) is 14.5. The first-order valence-electron chi connectivity index (χ1n) is 8.29. The second kappa shape index (κ2) is 8.50. The maximum Gasteiger partial charge on any atom is 0.460 e. The van der Waals surface area contributed by atoms with Gasteiger partial charge in [-0.25, -0.2) is 0 Å². The van der Waals surface area contributed by atoms with Gasteiger partial charge in [-0.1, -0.05) is 24.3 Å². The molecule has 0 aromatic heterocycles. The highest BCUT2D eigenvalue weighted by molar-refractivity contribution is 7.88. The van der Waals surface area contributed by atoms with Gasteiger partial charge < -0.3 is 13.7 Å². The average Bonchev–Trinajstić information content (AvgIpc) is 2.68. The zero-order valence-electron chi connectivity index (χ0n) is 15.7. The van der Waals surface area contributed by atoms with Crippen LogP contribution in [0.2, 0.25) is 0 Å². The van der Waals surface area contributed by atoms with Crippen molar-refractivity contribution in [2.45, 2.75) is 23.3 Å². The largest absolute Gasteiger partial charge is 0.491 e. The normalized spacial score (nSPS) is 13.9. The third-order valence-electron chi connectivity index (χ3n) is 4.02. The van der Waals surface area contributed by atoms with E-state index < -0.39 is 39.1 Å². The van der Waals surface area contributed by atoms with E-state index in [2.05, 4.69) is 4.18 Å². The van der Waals surface area contributed by atoms with Gasteiger partial charge in [0.05, 0.1) is 6.61 Å². The second-order valence-corrected chi connectivity index (χ2v) is 7.74. The number of ether oxygens (including phenoxy) is 2. The Bertz CT molecular complexity index is 1070. The molecule has 0 saturated heterocycles. The third kappa shape index (κ3) is 4.27. The van der Waals surface area contributed by atoms with Crippen molar-refractivity contribution < 1.29 is 61.6 Å². The molecule has 2 aromatic rings. The molecular formula is C17H13F9O5S. The molecule has 2 aromatic carbocycles. The van der Waals surface area contributed by atoms with Gasteiger partial charge >= 0.3 is 33.4 Å². The summed E-state index contributed by atoms with van der Waals surface area (Å²) in [5, 5.41) is -7.23. The highest BCUT2D eigenvalue weighted by atomic mass is 32.2. The molecular weight excluding hydrogens is 487 g/mol. The Morgan fingerprint density at radius 1 is 0.750 bits per heavy atom. The van der Waals surface area contributed by atoms with Crippen LogP contribution in [0, 0.1) is 0 Å². The third-order valence-corrected chi connectivity index (χ3v) is 5.30. The number of methoxy groups -OCH3 is 1.